The third-order valence-corrected chi connectivity index (χ3v) is 3.30. The first-order valence-corrected chi connectivity index (χ1v) is 6.58. The number of allylic oxidation sites excluding steroid dienone is 1. The Labute approximate surface area is 97.6 Å². The van der Waals surface area contributed by atoms with Crippen LogP contribution in [0.2, 0.25) is 0 Å². The van der Waals surface area contributed by atoms with E-state index in [9.17, 15) is 13.2 Å². The van der Waals surface area contributed by atoms with Crippen molar-refractivity contribution < 1.29 is 18.3 Å². The molecular formula is C10H9ClO4S. The van der Waals surface area contributed by atoms with E-state index in [1.807, 2.05) is 0 Å². The SMILES string of the molecule is CC(=CC(=O)O)c1ccc(S(=O)(=O)Cl)cc1. The minimum atomic E-state index is -3.73. The van der Waals surface area contributed by atoms with Gasteiger partial charge < -0.3 is 5.11 Å². The molecule has 0 bridgehead atoms. The zero-order valence-corrected chi connectivity index (χ0v) is 9.92. The molecule has 0 aliphatic rings. The summed E-state index contributed by atoms with van der Waals surface area (Å²) in [6.45, 7) is 1.62. The standard InChI is InChI=1S/C10H9ClO4S/c1-7(6-10(12)13)8-2-4-9(5-3-8)16(11,14)15/h2-6H,1H3,(H,12,13). The fourth-order valence-electron chi connectivity index (χ4n) is 1.15. The van der Waals surface area contributed by atoms with Crippen molar-refractivity contribution in [1.82, 2.24) is 0 Å². The Morgan fingerprint density at radius 2 is 1.81 bits per heavy atom. The van der Waals surface area contributed by atoms with Gasteiger partial charge >= 0.3 is 5.97 Å². The monoisotopic (exact) mass is 260 g/mol. The smallest absolute Gasteiger partial charge is 0.328 e. The highest BCUT2D eigenvalue weighted by atomic mass is 35.7. The number of carboxylic acid groups (broad SMARTS) is 1. The van der Waals surface area contributed by atoms with Gasteiger partial charge in [0.15, 0.2) is 0 Å². The predicted molar refractivity (Wildman–Crippen MR) is 60.8 cm³/mol. The third-order valence-electron chi connectivity index (χ3n) is 1.93. The summed E-state index contributed by atoms with van der Waals surface area (Å²) in [6, 6.07) is 5.67. The number of hydrogen-bond donors (Lipinski definition) is 1. The molecule has 0 aliphatic heterocycles. The van der Waals surface area contributed by atoms with Crippen molar-refractivity contribution >= 4 is 31.3 Å². The Balaban J connectivity index is 3.10. The molecule has 1 aromatic carbocycles. The molecule has 1 rings (SSSR count). The van der Waals surface area contributed by atoms with E-state index in [-0.39, 0.29) is 4.90 Å². The molecule has 0 amide bonds. The Kier molecular flexibility index (Phi) is 3.72. The van der Waals surface area contributed by atoms with Crippen LogP contribution in [0.15, 0.2) is 35.2 Å². The van der Waals surface area contributed by atoms with Gasteiger partial charge in [0.25, 0.3) is 9.05 Å². The number of halogens is 1. The first-order valence-electron chi connectivity index (χ1n) is 4.27. The lowest BCUT2D eigenvalue weighted by atomic mass is 10.1. The number of carboxylic acids is 1. The minimum Gasteiger partial charge on any atom is -0.478 e. The summed E-state index contributed by atoms with van der Waals surface area (Å²) in [5.41, 5.74) is 1.16. The van der Waals surface area contributed by atoms with Crippen LogP contribution in [-0.2, 0) is 13.8 Å². The molecule has 6 heteroatoms. The van der Waals surface area contributed by atoms with Crippen LogP contribution >= 0.6 is 10.7 Å². The van der Waals surface area contributed by atoms with E-state index in [0.717, 1.165) is 6.08 Å². The molecule has 16 heavy (non-hydrogen) atoms. The van der Waals surface area contributed by atoms with E-state index >= 15 is 0 Å². The Morgan fingerprint density at radius 3 is 2.19 bits per heavy atom. The summed E-state index contributed by atoms with van der Waals surface area (Å²) >= 11 is 0. The molecule has 0 radical (unpaired) electrons. The summed E-state index contributed by atoms with van der Waals surface area (Å²) in [6.07, 6.45) is 1.05. The molecule has 1 N–H and O–H groups in total. The van der Waals surface area contributed by atoms with E-state index in [4.69, 9.17) is 15.8 Å². The van der Waals surface area contributed by atoms with E-state index in [1.54, 1.807) is 6.92 Å². The fraction of sp³-hybridized carbons (Fsp3) is 0.100. The van der Waals surface area contributed by atoms with Gasteiger partial charge in [-0.2, -0.15) is 0 Å². The maximum atomic E-state index is 10.9. The zero-order chi connectivity index (χ0) is 12.3. The molecule has 1 aromatic rings. The molecule has 0 spiro atoms. The molecule has 4 nitrogen and oxygen atoms in total. The zero-order valence-electron chi connectivity index (χ0n) is 8.34. The van der Waals surface area contributed by atoms with Crippen molar-refractivity contribution in [3.05, 3.63) is 35.9 Å². The molecule has 0 saturated carbocycles. The van der Waals surface area contributed by atoms with Gasteiger partial charge in [0.05, 0.1) is 4.90 Å². The molecular weight excluding hydrogens is 252 g/mol. The minimum absolute atomic E-state index is 0.0129. The van der Waals surface area contributed by atoms with Crippen LogP contribution < -0.4 is 0 Å². The van der Waals surface area contributed by atoms with Crippen LogP contribution in [0.3, 0.4) is 0 Å². The lowest BCUT2D eigenvalue weighted by Crippen LogP contribution is -1.92. The third kappa shape index (κ3) is 3.36. The van der Waals surface area contributed by atoms with Crippen molar-refractivity contribution in [2.24, 2.45) is 0 Å². The van der Waals surface area contributed by atoms with E-state index in [0.29, 0.717) is 11.1 Å². The largest absolute Gasteiger partial charge is 0.478 e. The van der Waals surface area contributed by atoms with E-state index in [1.165, 1.54) is 24.3 Å². The van der Waals surface area contributed by atoms with Crippen LogP contribution in [0, 0.1) is 0 Å². The molecule has 0 unspecified atom stereocenters. The van der Waals surface area contributed by atoms with Crippen LogP contribution in [0.4, 0.5) is 0 Å². The maximum Gasteiger partial charge on any atom is 0.328 e. The summed E-state index contributed by atoms with van der Waals surface area (Å²) < 4.78 is 21.9. The molecule has 0 fully saturated rings. The van der Waals surface area contributed by atoms with Crippen molar-refractivity contribution in [2.45, 2.75) is 11.8 Å². The topological polar surface area (TPSA) is 71.4 Å². The van der Waals surface area contributed by atoms with E-state index in [2.05, 4.69) is 0 Å². The summed E-state index contributed by atoms with van der Waals surface area (Å²) in [5.74, 6) is -1.05. The first kappa shape index (κ1) is 12.7. The van der Waals surface area contributed by atoms with Gasteiger partial charge in [-0.25, -0.2) is 13.2 Å². The van der Waals surface area contributed by atoms with Gasteiger partial charge in [0.2, 0.25) is 0 Å². The number of rotatable bonds is 3. The number of benzene rings is 1. The Bertz CT molecular complexity index is 528. The quantitative estimate of drug-likeness (QED) is 0.667. The Morgan fingerprint density at radius 1 is 1.31 bits per heavy atom. The van der Waals surface area contributed by atoms with Gasteiger partial charge in [-0.1, -0.05) is 12.1 Å². The van der Waals surface area contributed by atoms with Crippen molar-refractivity contribution in [2.75, 3.05) is 0 Å². The number of aliphatic carboxylic acids is 1. The average molecular weight is 261 g/mol. The van der Waals surface area contributed by atoms with Crippen molar-refractivity contribution in [3.8, 4) is 0 Å². The lowest BCUT2D eigenvalue weighted by Gasteiger charge is -2.01. The van der Waals surface area contributed by atoms with Gasteiger partial charge in [-0.15, -0.1) is 0 Å². The lowest BCUT2D eigenvalue weighted by molar-refractivity contribution is -0.131. The van der Waals surface area contributed by atoms with Crippen LogP contribution in [0.1, 0.15) is 12.5 Å². The molecule has 0 aromatic heterocycles. The van der Waals surface area contributed by atoms with Gasteiger partial charge in [0.1, 0.15) is 0 Å². The molecule has 0 aliphatic carbocycles. The number of carbonyl (C=O) groups is 1. The maximum absolute atomic E-state index is 10.9. The molecule has 0 heterocycles. The second-order valence-electron chi connectivity index (χ2n) is 3.13. The molecule has 0 atom stereocenters. The van der Waals surface area contributed by atoms with E-state index < -0.39 is 15.0 Å². The predicted octanol–water partition coefficient (Wildman–Crippen LogP) is 2.10. The normalized spacial score (nSPS) is 12.5. The average Bonchev–Trinajstić information content (AvgIpc) is 2.15. The summed E-state index contributed by atoms with van der Waals surface area (Å²) in [5, 5.41) is 8.54. The first-order chi connectivity index (χ1) is 7.30. The molecule has 0 saturated heterocycles. The van der Waals surface area contributed by atoms with Crippen molar-refractivity contribution in [3.63, 3.8) is 0 Å². The summed E-state index contributed by atoms with van der Waals surface area (Å²) in [4.78, 5) is 10.4. The molecule has 86 valence electrons. The second-order valence-corrected chi connectivity index (χ2v) is 5.69. The second kappa shape index (κ2) is 4.67. The van der Waals surface area contributed by atoms with Crippen LogP contribution in [0.5, 0.6) is 0 Å². The fourth-order valence-corrected chi connectivity index (χ4v) is 1.92. The highest BCUT2D eigenvalue weighted by Gasteiger charge is 2.09. The highest BCUT2D eigenvalue weighted by Crippen LogP contribution is 2.19. The van der Waals surface area contributed by atoms with Crippen LogP contribution in [0.25, 0.3) is 5.57 Å². The summed E-state index contributed by atoms with van der Waals surface area (Å²) in [7, 11) is 1.41. The Hall–Kier alpha value is -1.33. The highest BCUT2D eigenvalue weighted by molar-refractivity contribution is 8.13. The van der Waals surface area contributed by atoms with Gasteiger partial charge in [-0.3, -0.25) is 0 Å². The van der Waals surface area contributed by atoms with Crippen molar-refractivity contribution in [1.29, 1.82) is 0 Å². The van der Waals surface area contributed by atoms with Gasteiger partial charge in [0, 0.05) is 16.8 Å². The van der Waals surface area contributed by atoms with Crippen LogP contribution in [-0.4, -0.2) is 19.5 Å². The van der Waals surface area contributed by atoms with Gasteiger partial charge in [-0.05, 0) is 30.2 Å². The number of hydrogen-bond acceptors (Lipinski definition) is 3.